The Labute approximate surface area is 186 Å². The molecule has 2 amide bonds. The van der Waals surface area contributed by atoms with E-state index in [0.29, 0.717) is 29.4 Å². The van der Waals surface area contributed by atoms with Crippen LogP contribution in [0.15, 0.2) is 42.5 Å². The van der Waals surface area contributed by atoms with Crippen molar-refractivity contribution >= 4 is 34.4 Å². The maximum atomic E-state index is 12.6. The molecule has 3 aromatic rings. The highest BCUT2D eigenvalue weighted by Gasteiger charge is 2.31. The predicted octanol–water partition coefficient (Wildman–Crippen LogP) is 2.79. The summed E-state index contributed by atoms with van der Waals surface area (Å²) in [6, 6.07) is 12.9. The first-order valence-electron chi connectivity index (χ1n) is 10.4. The lowest BCUT2D eigenvalue weighted by molar-refractivity contribution is -0.129. The Kier molecular flexibility index (Phi) is 6.25. The average Bonchev–Trinajstić information content (AvgIpc) is 3.39. The number of imidazole rings is 1. The standard InChI is InChI=1S/C23H26ClN5O2/c1-13(27-23(31)20-10-17(12-25-20)16-6-4-3-5-7-16)22(30)26-11-15-8-18(24)21-19(9-15)28-14(2)29-21/h3-9,13,17,20,25H,10-12H2,1-2H3,(H,26,30)(H,27,31)(H,28,29)/t13-,17-,20+/m0/s1. The molecular formula is C23H26ClN5O2. The number of aromatic amines is 1. The van der Waals surface area contributed by atoms with Gasteiger partial charge in [0.05, 0.1) is 16.6 Å². The van der Waals surface area contributed by atoms with E-state index < -0.39 is 6.04 Å². The van der Waals surface area contributed by atoms with E-state index in [9.17, 15) is 9.59 Å². The van der Waals surface area contributed by atoms with Gasteiger partial charge in [0, 0.05) is 13.1 Å². The number of benzene rings is 2. The van der Waals surface area contributed by atoms with Crippen LogP contribution in [-0.2, 0) is 16.1 Å². The maximum absolute atomic E-state index is 12.6. The van der Waals surface area contributed by atoms with Crippen LogP contribution in [0.4, 0.5) is 0 Å². The number of hydrogen-bond donors (Lipinski definition) is 4. The van der Waals surface area contributed by atoms with E-state index in [0.717, 1.165) is 23.4 Å². The summed E-state index contributed by atoms with van der Waals surface area (Å²) in [5.41, 5.74) is 3.62. The van der Waals surface area contributed by atoms with Crippen LogP contribution in [-0.4, -0.2) is 40.4 Å². The Morgan fingerprint density at radius 2 is 2.03 bits per heavy atom. The zero-order chi connectivity index (χ0) is 22.0. The summed E-state index contributed by atoms with van der Waals surface area (Å²) in [7, 11) is 0. The van der Waals surface area contributed by atoms with Crippen molar-refractivity contribution in [2.75, 3.05) is 6.54 Å². The topological polar surface area (TPSA) is 98.9 Å². The number of amides is 2. The molecule has 8 heteroatoms. The second kappa shape index (κ2) is 9.08. The number of carbonyl (C=O) groups is 2. The van der Waals surface area contributed by atoms with Crippen molar-refractivity contribution in [3.63, 3.8) is 0 Å². The molecule has 1 saturated heterocycles. The van der Waals surface area contributed by atoms with E-state index in [1.807, 2.05) is 31.2 Å². The number of nitrogens with one attached hydrogen (secondary N) is 4. The second-order valence-corrected chi connectivity index (χ2v) is 8.46. The van der Waals surface area contributed by atoms with Crippen LogP contribution < -0.4 is 16.0 Å². The maximum Gasteiger partial charge on any atom is 0.242 e. The van der Waals surface area contributed by atoms with Crippen molar-refractivity contribution in [2.24, 2.45) is 0 Å². The summed E-state index contributed by atoms with van der Waals surface area (Å²) in [5.74, 6) is 0.678. The fraction of sp³-hybridized carbons (Fsp3) is 0.348. The van der Waals surface area contributed by atoms with E-state index in [-0.39, 0.29) is 17.9 Å². The summed E-state index contributed by atoms with van der Waals surface area (Å²) in [6.07, 6.45) is 0.715. The van der Waals surface area contributed by atoms with Crippen LogP contribution in [0, 0.1) is 6.92 Å². The van der Waals surface area contributed by atoms with Crippen molar-refractivity contribution < 1.29 is 9.59 Å². The molecule has 0 saturated carbocycles. The Hall–Kier alpha value is -2.90. The van der Waals surface area contributed by atoms with Gasteiger partial charge in [0.2, 0.25) is 11.8 Å². The van der Waals surface area contributed by atoms with Crippen molar-refractivity contribution in [1.82, 2.24) is 25.9 Å². The molecule has 3 atom stereocenters. The number of aromatic nitrogens is 2. The lowest BCUT2D eigenvalue weighted by Crippen LogP contribution is -2.49. The molecule has 0 aliphatic carbocycles. The summed E-state index contributed by atoms with van der Waals surface area (Å²) < 4.78 is 0. The molecule has 0 radical (unpaired) electrons. The summed E-state index contributed by atoms with van der Waals surface area (Å²) in [6.45, 7) is 4.61. The Bertz CT molecular complexity index is 1100. The van der Waals surface area contributed by atoms with Crippen molar-refractivity contribution in [2.45, 2.75) is 44.8 Å². The molecule has 1 aliphatic rings. The average molecular weight is 440 g/mol. The van der Waals surface area contributed by atoms with Crippen molar-refractivity contribution in [3.05, 3.63) is 64.4 Å². The van der Waals surface area contributed by atoms with Crippen molar-refractivity contribution in [1.29, 1.82) is 0 Å². The third kappa shape index (κ3) is 4.89. The number of nitrogens with zero attached hydrogens (tertiary/aromatic N) is 1. The van der Waals surface area contributed by atoms with Gasteiger partial charge in [0.25, 0.3) is 0 Å². The number of fused-ring (bicyclic) bond motifs is 1. The highest BCUT2D eigenvalue weighted by atomic mass is 35.5. The fourth-order valence-electron chi connectivity index (χ4n) is 3.99. The predicted molar refractivity (Wildman–Crippen MR) is 121 cm³/mol. The molecule has 2 aromatic carbocycles. The van der Waals surface area contributed by atoms with Gasteiger partial charge in [-0.15, -0.1) is 0 Å². The number of rotatable bonds is 6. The quantitative estimate of drug-likeness (QED) is 0.474. The normalized spacial score (nSPS) is 19.3. The second-order valence-electron chi connectivity index (χ2n) is 8.05. The van der Waals surface area contributed by atoms with Crippen LogP contribution in [0.1, 0.15) is 36.2 Å². The third-order valence-electron chi connectivity index (χ3n) is 5.66. The minimum absolute atomic E-state index is 0.154. The minimum atomic E-state index is -0.640. The number of halogens is 1. The molecule has 162 valence electrons. The van der Waals surface area contributed by atoms with Gasteiger partial charge in [0.1, 0.15) is 17.4 Å². The van der Waals surface area contributed by atoms with Crippen LogP contribution >= 0.6 is 11.6 Å². The smallest absolute Gasteiger partial charge is 0.242 e. The first-order valence-corrected chi connectivity index (χ1v) is 10.8. The monoisotopic (exact) mass is 439 g/mol. The van der Waals surface area contributed by atoms with E-state index in [4.69, 9.17) is 11.6 Å². The summed E-state index contributed by atoms with van der Waals surface area (Å²) in [4.78, 5) is 32.6. The third-order valence-corrected chi connectivity index (χ3v) is 5.94. The molecule has 4 rings (SSSR count). The molecule has 7 nitrogen and oxygen atoms in total. The summed E-state index contributed by atoms with van der Waals surface area (Å²) >= 11 is 6.29. The molecular weight excluding hydrogens is 414 g/mol. The Morgan fingerprint density at radius 3 is 2.81 bits per heavy atom. The molecule has 1 fully saturated rings. The first kappa shape index (κ1) is 21.3. The van der Waals surface area contributed by atoms with Gasteiger partial charge in [-0.1, -0.05) is 41.9 Å². The highest BCUT2D eigenvalue weighted by molar-refractivity contribution is 6.35. The lowest BCUT2D eigenvalue weighted by atomic mass is 9.96. The summed E-state index contributed by atoms with van der Waals surface area (Å²) in [5, 5.41) is 9.48. The molecule has 0 spiro atoms. The van der Waals surface area contributed by atoms with Gasteiger partial charge in [-0.05, 0) is 49.4 Å². The van der Waals surface area contributed by atoms with Crippen LogP contribution in [0.3, 0.4) is 0 Å². The number of H-pyrrole nitrogens is 1. The minimum Gasteiger partial charge on any atom is -0.350 e. The van der Waals surface area contributed by atoms with Crippen LogP contribution in [0.5, 0.6) is 0 Å². The molecule has 4 N–H and O–H groups in total. The van der Waals surface area contributed by atoms with Crippen LogP contribution in [0.2, 0.25) is 5.02 Å². The Balaban J connectivity index is 1.29. The van der Waals surface area contributed by atoms with E-state index in [2.05, 4.69) is 38.1 Å². The van der Waals surface area contributed by atoms with Gasteiger partial charge < -0.3 is 20.9 Å². The molecule has 1 aromatic heterocycles. The number of carbonyl (C=O) groups excluding carboxylic acids is 2. The SMILES string of the molecule is Cc1nc2c(Cl)cc(CNC(=O)[C@H](C)NC(=O)[C@H]3C[C@H](c4ccccc4)CN3)cc2[nH]1. The van der Waals surface area contributed by atoms with Gasteiger partial charge >= 0.3 is 0 Å². The van der Waals surface area contributed by atoms with Gasteiger partial charge in [0.15, 0.2) is 0 Å². The first-order chi connectivity index (χ1) is 14.9. The van der Waals surface area contributed by atoms with Gasteiger partial charge in [-0.25, -0.2) is 4.98 Å². The number of hydrogen-bond acceptors (Lipinski definition) is 4. The molecule has 0 bridgehead atoms. The molecule has 1 aliphatic heterocycles. The highest BCUT2D eigenvalue weighted by Crippen LogP contribution is 2.26. The number of aryl methyl sites for hydroxylation is 1. The zero-order valence-corrected chi connectivity index (χ0v) is 18.3. The fourth-order valence-corrected chi connectivity index (χ4v) is 4.28. The van der Waals surface area contributed by atoms with E-state index in [1.54, 1.807) is 13.0 Å². The lowest BCUT2D eigenvalue weighted by Gasteiger charge is -2.17. The van der Waals surface area contributed by atoms with Gasteiger partial charge in [-0.2, -0.15) is 0 Å². The van der Waals surface area contributed by atoms with Crippen molar-refractivity contribution in [3.8, 4) is 0 Å². The van der Waals surface area contributed by atoms with E-state index >= 15 is 0 Å². The van der Waals surface area contributed by atoms with E-state index in [1.165, 1.54) is 5.56 Å². The molecule has 2 heterocycles. The molecule has 31 heavy (non-hydrogen) atoms. The van der Waals surface area contributed by atoms with Gasteiger partial charge in [-0.3, -0.25) is 9.59 Å². The largest absolute Gasteiger partial charge is 0.350 e. The van der Waals surface area contributed by atoms with Crippen LogP contribution in [0.25, 0.3) is 11.0 Å². The Morgan fingerprint density at radius 1 is 1.26 bits per heavy atom. The molecule has 0 unspecified atom stereocenters. The zero-order valence-electron chi connectivity index (χ0n) is 17.5.